The highest BCUT2D eigenvalue weighted by molar-refractivity contribution is 6.31. The lowest BCUT2D eigenvalue weighted by molar-refractivity contribution is 0.114. The minimum absolute atomic E-state index is 0. The molecule has 0 saturated heterocycles. The second-order valence-electron chi connectivity index (χ2n) is 6.55. The Kier molecular flexibility index (Phi) is 8.66. The number of rotatable bonds is 7. The number of fused-ring (bicyclic) bond motifs is 1. The molecule has 2 atom stereocenters. The van der Waals surface area contributed by atoms with Crippen LogP contribution in [-0.4, -0.2) is 45.4 Å². The Bertz CT molecular complexity index is 1060. The molecule has 0 aromatic carbocycles. The van der Waals surface area contributed by atoms with E-state index in [2.05, 4.69) is 25.7 Å². The molecule has 31 heavy (non-hydrogen) atoms. The number of carbonyl (C=O) groups is 1. The first-order valence-corrected chi connectivity index (χ1v) is 9.73. The maximum Gasteiger partial charge on any atom is 0.323 e. The summed E-state index contributed by atoms with van der Waals surface area (Å²) in [7, 11) is 1.55. The SMILES string of the molecule is CO[C@@H](C)c1c(NC(=O)Nc2cc(Cl)cnc2OC[C@H](C)N)cnc2cc(Cl)nn12.Cl. The minimum atomic E-state index is -0.561. The Hall–Kier alpha value is -2.37. The molecule has 0 radical (unpaired) electrons. The molecule has 0 aliphatic heterocycles. The topological polar surface area (TPSA) is 129 Å². The number of urea groups is 1. The van der Waals surface area contributed by atoms with Crippen LogP contribution in [-0.2, 0) is 4.74 Å². The predicted octanol–water partition coefficient (Wildman–Crippen LogP) is 3.93. The molecule has 2 amide bonds. The van der Waals surface area contributed by atoms with E-state index in [0.29, 0.717) is 22.1 Å². The van der Waals surface area contributed by atoms with E-state index in [0.717, 1.165) is 0 Å². The van der Waals surface area contributed by atoms with E-state index in [9.17, 15) is 4.79 Å². The number of anilines is 2. The van der Waals surface area contributed by atoms with Crippen LogP contribution in [0.15, 0.2) is 24.5 Å². The van der Waals surface area contributed by atoms with Crippen LogP contribution >= 0.6 is 35.6 Å². The van der Waals surface area contributed by atoms with Gasteiger partial charge >= 0.3 is 6.03 Å². The van der Waals surface area contributed by atoms with Gasteiger partial charge in [-0.15, -0.1) is 12.4 Å². The lowest BCUT2D eigenvalue weighted by atomic mass is 10.2. The van der Waals surface area contributed by atoms with Crippen LogP contribution in [0, 0.1) is 0 Å². The summed E-state index contributed by atoms with van der Waals surface area (Å²) < 4.78 is 12.5. The number of nitrogens with one attached hydrogen (secondary N) is 2. The number of nitrogens with two attached hydrogens (primary N) is 1. The number of halogens is 3. The van der Waals surface area contributed by atoms with Crippen molar-refractivity contribution >= 4 is 58.7 Å². The van der Waals surface area contributed by atoms with Gasteiger partial charge in [0.15, 0.2) is 10.8 Å². The zero-order valence-corrected chi connectivity index (χ0v) is 19.3. The van der Waals surface area contributed by atoms with E-state index in [4.69, 9.17) is 38.4 Å². The molecular weight excluding hydrogens is 469 g/mol. The number of ether oxygens (including phenoxy) is 2. The Morgan fingerprint density at radius 2 is 1.90 bits per heavy atom. The van der Waals surface area contributed by atoms with Gasteiger partial charge in [0.05, 0.1) is 28.7 Å². The molecule has 3 aromatic heterocycles. The van der Waals surface area contributed by atoms with Crippen molar-refractivity contribution in [2.45, 2.75) is 26.0 Å². The number of nitrogens with zero attached hydrogens (tertiary/aromatic N) is 4. The van der Waals surface area contributed by atoms with Crippen molar-refractivity contribution in [3.8, 4) is 5.88 Å². The van der Waals surface area contributed by atoms with Gasteiger partial charge in [-0.1, -0.05) is 23.2 Å². The molecule has 10 nitrogen and oxygen atoms in total. The lowest BCUT2D eigenvalue weighted by Crippen LogP contribution is -2.25. The van der Waals surface area contributed by atoms with Crippen molar-refractivity contribution in [3.63, 3.8) is 0 Å². The summed E-state index contributed by atoms with van der Waals surface area (Å²) in [6.07, 6.45) is 2.51. The van der Waals surface area contributed by atoms with Gasteiger partial charge in [0.2, 0.25) is 5.88 Å². The van der Waals surface area contributed by atoms with Crippen molar-refractivity contribution < 1.29 is 14.3 Å². The number of hydrogen-bond acceptors (Lipinski definition) is 7. The molecule has 0 unspecified atom stereocenters. The van der Waals surface area contributed by atoms with Gasteiger partial charge in [-0.3, -0.25) is 0 Å². The van der Waals surface area contributed by atoms with Crippen LogP contribution in [0.25, 0.3) is 5.65 Å². The first-order chi connectivity index (χ1) is 14.3. The molecule has 3 aromatic rings. The van der Waals surface area contributed by atoms with E-state index in [-0.39, 0.29) is 41.8 Å². The van der Waals surface area contributed by atoms with Crippen LogP contribution in [0.5, 0.6) is 5.88 Å². The highest BCUT2D eigenvalue weighted by Crippen LogP contribution is 2.28. The zero-order valence-electron chi connectivity index (χ0n) is 16.9. The highest BCUT2D eigenvalue weighted by Gasteiger charge is 2.20. The van der Waals surface area contributed by atoms with Crippen LogP contribution < -0.4 is 21.1 Å². The Labute approximate surface area is 194 Å². The molecule has 3 rings (SSSR count). The second kappa shape index (κ2) is 10.8. The molecule has 4 N–H and O–H groups in total. The maximum atomic E-state index is 12.7. The number of methoxy groups -OCH3 is 1. The predicted molar refractivity (Wildman–Crippen MR) is 122 cm³/mol. The quantitative estimate of drug-likeness (QED) is 0.457. The molecule has 13 heteroatoms. The summed E-state index contributed by atoms with van der Waals surface area (Å²) in [6, 6.07) is 2.37. The number of amides is 2. The fraction of sp³-hybridized carbons (Fsp3) is 0.333. The number of hydrogen-bond donors (Lipinski definition) is 3. The molecule has 3 heterocycles. The van der Waals surface area contributed by atoms with E-state index in [1.807, 2.05) is 6.92 Å². The van der Waals surface area contributed by atoms with Gasteiger partial charge < -0.3 is 25.8 Å². The van der Waals surface area contributed by atoms with Gasteiger partial charge in [0, 0.05) is 25.4 Å². The molecule has 0 spiro atoms. The van der Waals surface area contributed by atoms with Crippen molar-refractivity contribution in [1.29, 1.82) is 0 Å². The van der Waals surface area contributed by atoms with Crippen LogP contribution in [0.3, 0.4) is 0 Å². The molecular formula is C18H22Cl3N7O3. The fourth-order valence-electron chi connectivity index (χ4n) is 2.64. The maximum absolute atomic E-state index is 12.7. The monoisotopic (exact) mass is 489 g/mol. The van der Waals surface area contributed by atoms with Crippen LogP contribution in [0.2, 0.25) is 10.2 Å². The van der Waals surface area contributed by atoms with Crippen molar-refractivity contribution in [1.82, 2.24) is 19.6 Å². The van der Waals surface area contributed by atoms with Crippen molar-refractivity contribution in [2.75, 3.05) is 24.4 Å². The largest absolute Gasteiger partial charge is 0.475 e. The van der Waals surface area contributed by atoms with E-state index in [1.54, 1.807) is 20.1 Å². The first-order valence-electron chi connectivity index (χ1n) is 8.97. The van der Waals surface area contributed by atoms with Crippen molar-refractivity contribution in [2.24, 2.45) is 5.73 Å². The third kappa shape index (κ3) is 6.08. The van der Waals surface area contributed by atoms with Gasteiger partial charge in [0.25, 0.3) is 0 Å². The van der Waals surface area contributed by atoms with Gasteiger partial charge in [-0.25, -0.2) is 19.3 Å². The molecule has 0 aliphatic carbocycles. The highest BCUT2D eigenvalue weighted by atomic mass is 35.5. The minimum Gasteiger partial charge on any atom is -0.475 e. The van der Waals surface area contributed by atoms with E-state index >= 15 is 0 Å². The van der Waals surface area contributed by atoms with Crippen LogP contribution in [0.1, 0.15) is 25.6 Å². The third-order valence-corrected chi connectivity index (χ3v) is 4.42. The Balaban J connectivity index is 0.00000341. The average Bonchev–Trinajstić information content (AvgIpc) is 3.06. The van der Waals surface area contributed by atoms with Gasteiger partial charge in [-0.05, 0) is 19.9 Å². The van der Waals surface area contributed by atoms with Crippen molar-refractivity contribution in [3.05, 3.63) is 40.4 Å². The second-order valence-corrected chi connectivity index (χ2v) is 7.37. The zero-order chi connectivity index (χ0) is 21.8. The number of pyridine rings is 1. The standard InChI is InChI=1S/C18H21Cl2N7O3.ClH/c1-9(21)8-30-17-12(4-11(19)6-23-17)24-18(28)25-13-7-22-15-5-14(20)26-27(15)16(13)10(2)29-3;/h4-7,9-10H,8,21H2,1-3H3,(H2,24,25,28);1H/t9-,10-;/m0./s1. The summed E-state index contributed by atoms with van der Waals surface area (Å²) in [6.45, 7) is 3.83. The summed E-state index contributed by atoms with van der Waals surface area (Å²) in [5.74, 6) is 0.199. The Morgan fingerprint density at radius 3 is 2.58 bits per heavy atom. The number of aromatic nitrogens is 4. The number of carbonyl (C=O) groups excluding carboxylic acids is 1. The molecule has 168 valence electrons. The summed E-state index contributed by atoms with van der Waals surface area (Å²) >= 11 is 12.0. The van der Waals surface area contributed by atoms with E-state index in [1.165, 1.54) is 23.0 Å². The molecule has 0 aliphatic rings. The van der Waals surface area contributed by atoms with Gasteiger partial charge in [0.1, 0.15) is 12.3 Å². The fourth-order valence-corrected chi connectivity index (χ4v) is 2.97. The van der Waals surface area contributed by atoms with Crippen LogP contribution in [0.4, 0.5) is 16.2 Å². The molecule has 0 bridgehead atoms. The third-order valence-electron chi connectivity index (χ3n) is 4.03. The van der Waals surface area contributed by atoms with E-state index < -0.39 is 12.1 Å². The average molecular weight is 491 g/mol. The normalized spacial score (nSPS) is 12.7. The summed E-state index contributed by atoms with van der Waals surface area (Å²) in [4.78, 5) is 21.1. The summed E-state index contributed by atoms with van der Waals surface area (Å²) in [5.41, 5.74) is 7.49. The van der Waals surface area contributed by atoms with Gasteiger partial charge in [-0.2, -0.15) is 5.10 Å². The smallest absolute Gasteiger partial charge is 0.323 e. The molecule has 0 saturated carbocycles. The first kappa shape index (κ1) is 24.9. The lowest BCUT2D eigenvalue weighted by Gasteiger charge is -2.18. The Morgan fingerprint density at radius 1 is 1.19 bits per heavy atom. The summed E-state index contributed by atoms with van der Waals surface area (Å²) in [5, 5.41) is 10.2. The molecule has 0 fully saturated rings.